The van der Waals surface area contributed by atoms with Gasteiger partial charge in [-0.15, -0.1) is 0 Å². The summed E-state index contributed by atoms with van der Waals surface area (Å²) in [5.41, 5.74) is 5.21. The maximum absolute atomic E-state index is 4.15. The molecule has 1 aliphatic heterocycles. The summed E-state index contributed by atoms with van der Waals surface area (Å²) >= 11 is 0. The molecule has 3 heteroatoms. The predicted molar refractivity (Wildman–Crippen MR) is 87.0 cm³/mol. The van der Waals surface area contributed by atoms with Crippen molar-refractivity contribution in [1.29, 1.82) is 0 Å². The first-order valence-electron chi connectivity index (χ1n) is 7.17. The molecule has 1 saturated heterocycles. The Hall–Kier alpha value is -1.09. The number of anilines is 1. The summed E-state index contributed by atoms with van der Waals surface area (Å²) in [6, 6.07) is 7.32. The van der Waals surface area contributed by atoms with Gasteiger partial charge in [0, 0.05) is 0 Å². The van der Waals surface area contributed by atoms with Crippen LogP contribution in [0.15, 0.2) is 18.2 Å². The Morgan fingerprint density at radius 3 is 2.42 bits per heavy atom. The number of rotatable bonds is 3. The fourth-order valence-electron chi connectivity index (χ4n) is 3.09. The van der Waals surface area contributed by atoms with Gasteiger partial charge in [-0.1, -0.05) is 0 Å². The first-order chi connectivity index (χ1) is 9.00. The molecule has 102 valence electrons. The molecular formula is C16H25BN2. The normalized spacial score (nSPS) is 16.9. The Kier molecular flexibility index (Phi) is 4.46. The van der Waals surface area contributed by atoms with Crippen LogP contribution in [0.3, 0.4) is 0 Å². The Labute approximate surface area is 118 Å². The van der Waals surface area contributed by atoms with Gasteiger partial charge >= 0.3 is 118 Å². The fourth-order valence-corrected chi connectivity index (χ4v) is 3.09. The molecule has 1 aliphatic rings. The number of nitrogens with zero attached hydrogens (tertiary/aromatic N) is 2. The van der Waals surface area contributed by atoms with Gasteiger partial charge in [0.05, 0.1) is 0 Å². The summed E-state index contributed by atoms with van der Waals surface area (Å²) in [7, 11) is 8.52. The van der Waals surface area contributed by atoms with Crippen LogP contribution in [0.4, 0.5) is 5.69 Å². The molecule has 0 saturated carbocycles. The zero-order chi connectivity index (χ0) is 14.0. The SMILES string of the molecule is B=C(C)c1c(C)cccc1N1CCC(N(C)C)CC1. The van der Waals surface area contributed by atoms with Gasteiger partial charge in [0.2, 0.25) is 0 Å². The van der Waals surface area contributed by atoms with Crippen molar-refractivity contribution in [3.63, 3.8) is 0 Å². The first kappa shape index (κ1) is 14.3. The van der Waals surface area contributed by atoms with Crippen molar-refractivity contribution >= 4 is 18.6 Å². The van der Waals surface area contributed by atoms with E-state index in [1.165, 1.54) is 35.1 Å². The van der Waals surface area contributed by atoms with Crippen LogP contribution >= 0.6 is 0 Å². The molecule has 1 heterocycles. The molecule has 0 spiro atoms. The average Bonchev–Trinajstić information content (AvgIpc) is 2.38. The number of benzene rings is 1. The summed E-state index contributed by atoms with van der Waals surface area (Å²) in [5.74, 6) is 0. The number of piperidine rings is 1. The first-order valence-corrected chi connectivity index (χ1v) is 7.17. The monoisotopic (exact) mass is 256 g/mol. The quantitative estimate of drug-likeness (QED) is 0.763. The van der Waals surface area contributed by atoms with E-state index in [9.17, 15) is 0 Å². The Morgan fingerprint density at radius 2 is 1.89 bits per heavy atom. The molecule has 1 aromatic carbocycles. The number of hydrogen-bond donors (Lipinski definition) is 0. The van der Waals surface area contributed by atoms with Crippen LogP contribution in [0, 0.1) is 6.92 Å². The van der Waals surface area contributed by atoms with E-state index in [4.69, 9.17) is 0 Å². The second-order valence-corrected chi connectivity index (χ2v) is 5.93. The standard InChI is InChI=1S/C16H25BN2/c1-12-6-5-7-15(16(12)13(2)17)19-10-8-14(9-11-19)18(3)4/h5-7,14,17H,8-11H2,1-4H3. The Bertz CT molecular complexity index is 460. The van der Waals surface area contributed by atoms with Crippen molar-refractivity contribution in [2.75, 3.05) is 32.1 Å². The van der Waals surface area contributed by atoms with Gasteiger partial charge in [0.25, 0.3) is 0 Å². The summed E-state index contributed by atoms with van der Waals surface area (Å²) in [4.78, 5) is 4.88. The molecule has 0 radical (unpaired) electrons. The van der Waals surface area contributed by atoms with E-state index in [1.807, 2.05) is 0 Å². The van der Waals surface area contributed by atoms with Crippen LogP contribution in [-0.4, -0.2) is 51.1 Å². The third kappa shape index (κ3) is 3.09. The van der Waals surface area contributed by atoms with Gasteiger partial charge in [-0.25, -0.2) is 0 Å². The van der Waals surface area contributed by atoms with Gasteiger partial charge in [-0.3, -0.25) is 0 Å². The van der Waals surface area contributed by atoms with Crippen LogP contribution in [-0.2, 0) is 0 Å². The van der Waals surface area contributed by atoms with Gasteiger partial charge < -0.3 is 0 Å². The van der Waals surface area contributed by atoms with E-state index in [2.05, 4.69) is 63.4 Å². The molecule has 2 nitrogen and oxygen atoms in total. The Balaban J connectivity index is 2.20. The molecule has 1 aromatic rings. The van der Waals surface area contributed by atoms with Crippen LogP contribution < -0.4 is 4.90 Å². The molecule has 1 fully saturated rings. The van der Waals surface area contributed by atoms with Crippen LogP contribution in [0.2, 0.25) is 0 Å². The fraction of sp³-hybridized carbons (Fsp3) is 0.562. The van der Waals surface area contributed by atoms with Gasteiger partial charge in [0.1, 0.15) is 0 Å². The summed E-state index contributed by atoms with van der Waals surface area (Å²) in [6.07, 6.45) is 2.49. The predicted octanol–water partition coefficient (Wildman–Crippen LogP) is 1.97. The van der Waals surface area contributed by atoms with Crippen molar-refractivity contribution in [1.82, 2.24) is 4.90 Å². The molecule has 0 bridgehead atoms. The maximum atomic E-state index is 4.15. The van der Waals surface area contributed by atoms with Crippen molar-refractivity contribution in [2.24, 2.45) is 0 Å². The van der Waals surface area contributed by atoms with Crippen molar-refractivity contribution in [3.05, 3.63) is 29.3 Å². The van der Waals surface area contributed by atoms with Crippen LogP contribution in [0.25, 0.3) is 0 Å². The Morgan fingerprint density at radius 1 is 1.26 bits per heavy atom. The average molecular weight is 256 g/mol. The third-order valence-electron chi connectivity index (χ3n) is 4.21. The van der Waals surface area contributed by atoms with E-state index >= 15 is 0 Å². The zero-order valence-electron chi connectivity index (χ0n) is 12.7. The summed E-state index contributed by atoms with van der Waals surface area (Å²) in [5, 5.41) is 0. The van der Waals surface area contributed by atoms with E-state index in [0.717, 1.165) is 19.1 Å². The van der Waals surface area contributed by atoms with Crippen molar-refractivity contribution < 1.29 is 0 Å². The van der Waals surface area contributed by atoms with Gasteiger partial charge in [-0.05, 0) is 0 Å². The molecule has 2 rings (SSSR count). The molecule has 0 unspecified atom stereocenters. The zero-order valence-corrected chi connectivity index (χ0v) is 12.7. The van der Waals surface area contributed by atoms with Crippen LogP contribution in [0.5, 0.6) is 0 Å². The molecule has 0 aromatic heterocycles. The van der Waals surface area contributed by atoms with E-state index in [1.54, 1.807) is 0 Å². The molecule has 0 aliphatic carbocycles. The van der Waals surface area contributed by atoms with Crippen molar-refractivity contribution in [3.8, 4) is 0 Å². The number of hydrogen-bond acceptors (Lipinski definition) is 2. The second kappa shape index (κ2) is 5.91. The van der Waals surface area contributed by atoms with Crippen LogP contribution in [0.1, 0.15) is 30.9 Å². The van der Waals surface area contributed by atoms with Crippen molar-refractivity contribution in [2.45, 2.75) is 32.7 Å². The van der Waals surface area contributed by atoms with E-state index in [-0.39, 0.29) is 0 Å². The topological polar surface area (TPSA) is 6.48 Å². The van der Waals surface area contributed by atoms with Gasteiger partial charge in [0.15, 0.2) is 0 Å². The van der Waals surface area contributed by atoms with E-state index < -0.39 is 0 Å². The molecule has 19 heavy (non-hydrogen) atoms. The second-order valence-electron chi connectivity index (χ2n) is 5.93. The molecule has 0 atom stereocenters. The minimum atomic E-state index is 0.731. The molecular weight excluding hydrogens is 231 g/mol. The van der Waals surface area contributed by atoms with E-state index in [0.29, 0.717) is 0 Å². The summed E-state index contributed by atoms with van der Waals surface area (Å²) < 4.78 is 0. The summed E-state index contributed by atoms with van der Waals surface area (Å²) in [6.45, 7) is 6.58. The molecule has 0 N–H and O–H groups in total. The number of aryl methyl sites for hydroxylation is 1. The molecule has 0 amide bonds. The minimum absolute atomic E-state index is 0.731. The van der Waals surface area contributed by atoms with Gasteiger partial charge in [-0.2, -0.15) is 0 Å². The third-order valence-corrected chi connectivity index (χ3v) is 4.21.